The second-order valence-corrected chi connectivity index (χ2v) is 3.65. The molecule has 0 bridgehead atoms. The molecule has 2 heteroatoms. The zero-order valence-corrected chi connectivity index (χ0v) is 8.18. The molecule has 72 valence electrons. The summed E-state index contributed by atoms with van der Waals surface area (Å²) in [4.78, 5) is 0. The molecule has 1 rings (SSSR count). The van der Waals surface area contributed by atoms with Gasteiger partial charge >= 0.3 is 0 Å². The molecule has 0 atom stereocenters. The van der Waals surface area contributed by atoms with Crippen molar-refractivity contribution in [2.24, 2.45) is 5.92 Å². The van der Waals surface area contributed by atoms with E-state index in [1.54, 1.807) is 12.1 Å². The molecule has 0 aliphatic heterocycles. The van der Waals surface area contributed by atoms with Crippen LogP contribution in [0.2, 0.25) is 0 Å². The molecule has 13 heavy (non-hydrogen) atoms. The Morgan fingerprint density at radius 1 is 1.38 bits per heavy atom. The van der Waals surface area contributed by atoms with E-state index >= 15 is 0 Å². The molecule has 0 amide bonds. The van der Waals surface area contributed by atoms with Gasteiger partial charge in [0.05, 0.1) is 0 Å². The first-order chi connectivity index (χ1) is 6.18. The zero-order valence-electron chi connectivity index (χ0n) is 8.18. The standard InChI is InChI=1S/C11H16FN/c1-9(2)7-13-8-10-4-3-5-11(12)6-10/h3-6,9,13H,7-8H2,1-2H3. The summed E-state index contributed by atoms with van der Waals surface area (Å²) in [6.07, 6.45) is 0. The maximum atomic E-state index is 12.7. The van der Waals surface area contributed by atoms with Crippen LogP contribution in [0.5, 0.6) is 0 Å². The molecule has 1 aromatic carbocycles. The van der Waals surface area contributed by atoms with Gasteiger partial charge in [-0.3, -0.25) is 0 Å². The molecule has 1 N–H and O–H groups in total. The summed E-state index contributed by atoms with van der Waals surface area (Å²) in [5.74, 6) is 0.470. The Morgan fingerprint density at radius 3 is 2.77 bits per heavy atom. The summed E-state index contributed by atoms with van der Waals surface area (Å²) in [5.41, 5.74) is 1.00. The SMILES string of the molecule is CC(C)CNCc1cccc(F)c1. The summed E-state index contributed by atoms with van der Waals surface area (Å²) < 4.78 is 12.7. The Balaban J connectivity index is 2.37. The van der Waals surface area contributed by atoms with Crippen LogP contribution in [0.1, 0.15) is 19.4 Å². The van der Waals surface area contributed by atoms with Crippen molar-refractivity contribution in [3.63, 3.8) is 0 Å². The van der Waals surface area contributed by atoms with Crippen molar-refractivity contribution in [1.82, 2.24) is 5.32 Å². The molecule has 0 aromatic heterocycles. The highest BCUT2D eigenvalue weighted by atomic mass is 19.1. The highest BCUT2D eigenvalue weighted by Crippen LogP contribution is 2.02. The Kier molecular flexibility index (Phi) is 3.90. The monoisotopic (exact) mass is 181 g/mol. The van der Waals surface area contributed by atoms with Gasteiger partial charge in [0.1, 0.15) is 5.82 Å². The van der Waals surface area contributed by atoms with Crippen LogP contribution in [0, 0.1) is 11.7 Å². The fraction of sp³-hybridized carbons (Fsp3) is 0.455. The predicted molar refractivity (Wildman–Crippen MR) is 52.9 cm³/mol. The first kappa shape index (κ1) is 10.2. The minimum absolute atomic E-state index is 0.163. The van der Waals surface area contributed by atoms with E-state index in [4.69, 9.17) is 0 Å². The van der Waals surface area contributed by atoms with Gasteiger partial charge in [-0.15, -0.1) is 0 Å². The summed E-state index contributed by atoms with van der Waals surface area (Å²) in [6, 6.07) is 6.69. The Labute approximate surface area is 79.0 Å². The van der Waals surface area contributed by atoms with Gasteiger partial charge in [-0.2, -0.15) is 0 Å². The zero-order chi connectivity index (χ0) is 9.68. The van der Waals surface area contributed by atoms with Crippen molar-refractivity contribution in [1.29, 1.82) is 0 Å². The van der Waals surface area contributed by atoms with Crippen LogP contribution < -0.4 is 5.32 Å². The molecular formula is C11H16FN. The maximum absolute atomic E-state index is 12.7. The molecule has 0 heterocycles. The van der Waals surface area contributed by atoms with E-state index in [1.807, 2.05) is 6.07 Å². The van der Waals surface area contributed by atoms with Gasteiger partial charge in [0.25, 0.3) is 0 Å². The van der Waals surface area contributed by atoms with Crippen LogP contribution >= 0.6 is 0 Å². The molecule has 0 aliphatic carbocycles. The van der Waals surface area contributed by atoms with Gasteiger partial charge in [-0.05, 0) is 30.2 Å². The van der Waals surface area contributed by atoms with Crippen LogP contribution in [-0.4, -0.2) is 6.54 Å². The molecule has 0 fully saturated rings. The van der Waals surface area contributed by atoms with E-state index in [-0.39, 0.29) is 5.82 Å². The van der Waals surface area contributed by atoms with Crippen molar-refractivity contribution in [2.75, 3.05) is 6.54 Å². The molecule has 1 nitrogen and oxygen atoms in total. The van der Waals surface area contributed by atoms with Crippen molar-refractivity contribution in [3.8, 4) is 0 Å². The van der Waals surface area contributed by atoms with Crippen LogP contribution in [0.25, 0.3) is 0 Å². The minimum atomic E-state index is -0.163. The molecule has 1 aromatic rings. The predicted octanol–water partition coefficient (Wildman–Crippen LogP) is 2.57. The van der Waals surface area contributed by atoms with Crippen LogP contribution in [0.3, 0.4) is 0 Å². The van der Waals surface area contributed by atoms with Crippen molar-refractivity contribution < 1.29 is 4.39 Å². The quantitative estimate of drug-likeness (QED) is 0.752. The highest BCUT2D eigenvalue weighted by Gasteiger charge is 1.95. The topological polar surface area (TPSA) is 12.0 Å². The number of rotatable bonds is 4. The van der Waals surface area contributed by atoms with Gasteiger partial charge in [0.15, 0.2) is 0 Å². The fourth-order valence-corrected chi connectivity index (χ4v) is 1.15. The van der Waals surface area contributed by atoms with Gasteiger partial charge in [0, 0.05) is 6.54 Å². The average Bonchev–Trinajstić information content (AvgIpc) is 2.03. The average molecular weight is 181 g/mol. The van der Waals surface area contributed by atoms with E-state index in [0.29, 0.717) is 5.92 Å². The third kappa shape index (κ3) is 4.04. The van der Waals surface area contributed by atoms with Crippen molar-refractivity contribution >= 4 is 0 Å². The molecule has 0 saturated carbocycles. The lowest BCUT2D eigenvalue weighted by molar-refractivity contribution is 0.550. The van der Waals surface area contributed by atoms with Gasteiger partial charge < -0.3 is 5.32 Å². The van der Waals surface area contributed by atoms with Gasteiger partial charge in [-0.1, -0.05) is 26.0 Å². The smallest absolute Gasteiger partial charge is 0.123 e. The molecule has 0 spiro atoms. The third-order valence-electron chi connectivity index (χ3n) is 1.77. The number of hydrogen-bond donors (Lipinski definition) is 1. The lowest BCUT2D eigenvalue weighted by atomic mass is 10.2. The maximum Gasteiger partial charge on any atom is 0.123 e. The Hall–Kier alpha value is -0.890. The second kappa shape index (κ2) is 4.97. The Bertz CT molecular complexity index is 258. The number of nitrogens with one attached hydrogen (secondary N) is 1. The van der Waals surface area contributed by atoms with Crippen LogP contribution in [0.15, 0.2) is 24.3 Å². The first-order valence-electron chi connectivity index (χ1n) is 4.63. The van der Waals surface area contributed by atoms with E-state index < -0.39 is 0 Å². The number of benzene rings is 1. The number of halogens is 1. The summed E-state index contributed by atoms with van der Waals surface area (Å²) in [5, 5.41) is 3.26. The van der Waals surface area contributed by atoms with E-state index in [1.165, 1.54) is 6.07 Å². The Morgan fingerprint density at radius 2 is 2.15 bits per heavy atom. The van der Waals surface area contributed by atoms with Crippen LogP contribution in [-0.2, 0) is 6.54 Å². The van der Waals surface area contributed by atoms with Crippen molar-refractivity contribution in [2.45, 2.75) is 20.4 Å². The van der Waals surface area contributed by atoms with E-state index in [2.05, 4.69) is 19.2 Å². The molecule has 0 saturated heterocycles. The van der Waals surface area contributed by atoms with E-state index in [0.717, 1.165) is 18.7 Å². The fourth-order valence-electron chi connectivity index (χ4n) is 1.15. The van der Waals surface area contributed by atoms with Gasteiger partial charge in [0.2, 0.25) is 0 Å². The lowest BCUT2D eigenvalue weighted by Gasteiger charge is -2.06. The molecule has 0 radical (unpaired) electrons. The minimum Gasteiger partial charge on any atom is -0.312 e. The second-order valence-electron chi connectivity index (χ2n) is 3.65. The van der Waals surface area contributed by atoms with Gasteiger partial charge in [-0.25, -0.2) is 4.39 Å². The number of hydrogen-bond acceptors (Lipinski definition) is 1. The lowest BCUT2D eigenvalue weighted by Crippen LogP contribution is -2.18. The van der Waals surface area contributed by atoms with Crippen LogP contribution in [0.4, 0.5) is 4.39 Å². The van der Waals surface area contributed by atoms with Crippen molar-refractivity contribution in [3.05, 3.63) is 35.6 Å². The summed E-state index contributed by atoms with van der Waals surface area (Å²) >= 11 is 0. The molecular weight excluding hydrogens is 165 g/mol. The summed E-state index contributed by atoms with van der Waals surface area (Å²) in [6.45, 7) is 6.02. The molecule has 0 unspecified atom stereocenters. The normalized spacial score (nSPS) is 10.8. The third-order valence-corrected chi connectivity index (χ3v) is 1.77. The first-order valence-corrected chi connectivity index (χ1v) is 4.63. The largest absolute Gasteiger partial charge is 0.312 e. The molecule has 0 aliphatic rings. The summed E-state index contributed by atoms with van der Waals surface area (Å²) in [7, 11) is 0. The van der Waals surface area contributed by atoms with E-state index in [9.17, 15) is 4.39 Å². The highest BCUT2D eigenvalue weighted by molar-refractivity contribution is 5.15.